The third kappa shape index (κ3) is 6.65. The number of amides is 4. The highest BCUT2D eigenvalue weighted by atomic mass is 19.4. The van der Waals surface area contributed by atoms with Gasteiger partial charge in [0, 0.05) is 85.0 Å². The number of urea groups is 1. The van der Waals surface area contributed by atoms with Crippen LogP contribution in [0.5, 0.6) is 5.75 Å². The molecule has 4 saturated heterocycles. The van der Waals surface area contributed by atoms with Crippen molar-refractivity contribution < 1.29 is 32.3 Å². The van der Waals surface area contributed by atoms with Crippen molar-refractivity contribution >= 4 is 56.6 Å². The van der Waals surface area contributed by atoms with Gasteiger partial charge in [-0.15, -0.1) is 0 Å². The monoisotopic (exact) mass is 767 g/mol. The van der Waals surface area contributed by atoms with E-state index in [0.29, 0.717) is 47.2 Å². The summed E-state index contributed by atoms with van der Waals surface area (Å²) in [6.07, 6.45) is 6.46. The van der Waals surface area contributed by atoms with Gasteiger partial charge in [-0.3, -0.25) is 34.4 Å². The van der Waals surface area contributed by atoms with Crippen molar-refractivity contribution in [3.8, 4) is 5.75 Å². The minimum Gasteiger partial charge on any atom is -0.494 e. The van der Waals surface area contributed by atoms with Crippen molar-refractivity contribution in [2.24, 2.45) is 5.92 Å². The van der Waals surface area contributed by atoms with E-state index in [4.69, 9.17) is 9.84 Å². The summed E-state index contributed by atoms with van der Waals surface area (Å²) in [6, 6.07) is 13.6. The van der Waals surface area contributed by atoms with Crippen molar-refractivity contribution in [3.63, 3.8) is 0 Å². The predicted molar refractivity (Wildman–Crippen MR) is 203 cm³/mol. The fourth-order valence-electron chi connectivity index (χ4n) is 8.95. The van der Waals surface area contributed by atoms with Crippen molar-refractivity contribution in [1.82, 2.24) is 30.0 Å². The molecule has 0 radical (unpaired) electrons. The Kier molecular flexibility index (Phi) is 9.02. The summed E-state index contributed by atoms with van der Waals surface area (Å²) < 4.78 is 47.0. The van der Waals surface area contributed by atoms with Crippen molar-refractivity contribution in [2.45, 2.75) is 62.8 Å². The quantitative estimate of drug-likeness (QED) is 0.184. The molecule has 0 spiro atoms. The molecule has 2 unspecified atom stereocenters. The molecule has 2 bridgehead atoms. The molecular weight excluding hydrogens is 727 g/mol. The number of nitrogens with one attached hydrogen (secondary N) is 2. The van der Waals surface area contributed by atoms with Crippen LogP contribution in [0.2, 0.25) is 0 Å². The van der Waals surface area contributed by atoms with Crippen molar-refractivity contribution in [1.29, 1.82) is 0 Å². The average Bonchev–Trinajstić information content (AvgIpc) is 3.62. The summed E-state index contributed by atoms with van der Waals surface area (Å²) in [4.78, 5) is 52.0. The lowest BCUT2D eigenvalue weighted by Gasteiger charge is -2.58. The van der Waals surface area contributed by atoms with Crippen LogP contribution < -0.4 is 25.2 Å². The molecule has 10 rings (SSSR count). The maximum Gasteiger partial charge on any atom is 0.433 e. The van der Waals surface area contributed by atoms with Gasteiger partial charge >= 0.3 is 12.2 Å². The number of alkyl halides is 3. The number of benzene rings is 2. The Morgan fingerprint density at radius 1 is 0.964 bits per heavy atom. The zero-order valence-corrected chi connectivity index (χ0v) is 30.6. The van der Waals surface area contributed by atoms with Crippen LogP contribution in [-0.4, -0.2) is 87.9 Å². The number of piperidine rings is 1. The fourth-order valence-corrected chi connectivity index (χ4v) is 8.95. The number of nitrogens with zero attached hydrogens (tertiary/aromatic N) is 7. The molecule has 2 atom stereocenters. The molecule has 13 nitrogen and oxygen atoms in total. The first-order valence-corrected chi connectivity index (χ1v) is 18.9. The van der Waals surface area contributed by atoms with Crippen LogP contribution in [0.1, 0.15) is 60.7 Å². The summed E-state index contributed by atoms with van der Waals surface area (Å²) >= 11 is 0. The van der Waals surface area contributed by atoms with Gasteiger partial charge in [0.05, 0.1) is 36.2 Å². The molecule has 5 aliphatic rings. The average molecular weight is 768 g/mol. The number of anilines is 3. The molecule has 16 heteroatoms. The van der Waals surface area contributed by atoms with Gasteiger partial charge in [-0.25, -0.2) is 9.78 Å². The van der Waals surface area contributed by atoms with Crippen LogP contribution in [0.3, 0.4) is 0 Å². The van der Waals surface area contributed by atoms with Gasteiger partial charge in [0.15, 0.2) is 0 Å². The van der Waals surface area contributed by atoms with E-state index >= 15 is 0 Å². The molecule has 1 aliphatic carbocycles. The smallest absolute Gasteiger partial charge is 0.433 e. The number of rotatable bonds is 8. The van der Waals surface area contributed by atoms with Gasteiger partial charge in [-0.1, -0.05) is 18.2 Å². The van der Waals surface area contributed by atoms with Crippen LogP contribution in [0.4, 0.5) is 35.0 Å². The van der Waals surface area contributed by atoms with Gasteiger partial charge in [0.1, 0.15) is 17.1 Å². The van der Waals surface area contributed by atoms with E-state index in [9.17, 15) is 27.6 Å². The number of hydrogen-bond donors (Lipinski definition) is 2. The summed E-state index contributed by atoms with van der Waals surface area (Å²) in [6.45, 7) is 3.25. The Bertz CT molecular complexity index is 2350. The van der Waals surface area contributed by atoms with Gasteiger partial charge in [0.25, 0.3) is 5.91 Å². The van der Waals surface area contributed by atoms with E-state index < -0.39 is 23.8 Å². The third-order valence-corrected chi connectivity index (χ3v) is 11.8. The lowest BCUT2D eigenvalue weighted by atomic mass is 9.81. The van der Waals surface area contributed by atoms with E-state index in [1.54, 1.807) is 23.2 Å². The Hall–Kier alpha value is -5.77. The first-order chi connectivity index (χ1) is 27.0. The van der Waals surface area contributed by atoms with E-state index in [1.807, 2.05) is 29.2 Å². The van der Waals surface area contributed by atoms with E-state index in [-0.39, 0.29) is 24.1 Å². The summed E-state index contributed by atoms with van der Waals surface area (Å²) in [5.41, 5.74) is 1.35. The highest BCUT2D eigenvalue weighted by Crippen LogP contribution is 2.42. The second kappa shape index (κ2) is 14.1. The standard InChI is InChI=1S/C40H40F3N9O4/c1-56-35-16-31-24(14-32(35)46-38(54)30-5-3-7-36(45-30)40(41,42)43)20-52(48-31)25-10-8-23(9-11-25)19-51-26-15-27(51)22-49(21-26)33-6-2-4-28-29(33)17-44-18-34(28)50-13-12-37(53)47-39(50)55/h2-7,14,16-18,20,23,25-27H,8-13,15,19,21-22H2,1H3,(H,46,54)(H,47,53,55)/t23-,25-,26?,27?. The Labute approximate surface area is 319 Å². The number of methoxy groups -OCH3 is 1. The molecule has 2 N–H and O–H groups in total. The number of pyridine rings is 2. The number of fused-ring (bicyclic) bond motifs is 4. The number of carbonyl (C=O) groups is 3. The lowest BCUT2D eigenvalue weighted by molar-refractivity contribution is -0.141. The highest BCUT2D eigenvalue weighted by molar-refractivity contribution is 6.11. The van der Waals surface area contributed by atoms with Gasteiger partial charge in [-0.05, 0) is 62.3 Å². The maximum atomic E-state index is 13.2. The number of hydrogen-bond acceptors (Lipinski definition) is 9. The van der Waals surface area contributed by atoms with Crippen LogP contribution in [0.15, 0.2) is 67.1 Å². The van der Waals surface area contributed by atoms with Gasteiger partial charge in [0.2, 0.25) is 5.91 Å². The predicted octanol–water partition coefficient (Wildman–Crippen LogP) is 6.40. The molecule has 3 aromatic heterocycles. The Balaban J connectivity index is 0.821. The third-order valence-electron chi connectivity index (χ3n) is 11.8. The van der Waals surface area contributed by atoms with Crippen molar-refractivity contribution in [3.05, 3.63) is 78.5 Å². The summed E-state index contributed by atoms with van der Waals surface area (Å²) in [5, 5.41) is 12.6. The largest absolute Gasteiger partial charge is 0.494 e. The van der Waals surface area contributed by atoms with E-state index in [1.165, 1.54) is 19.6 Å². The highest BCUT2D eigenvalue weighted by Gasteiger charge is 2.45. The molecule has 2 aromatic carbocycles. The summed E-state index contributed by atoms with van der Waals surface area (Å²) in [7, 11) is 1.46. The molecule has 7 heterocycles. The van der Waals surface area contributed by atoms with Crippen LogP contribution >= 0.6 is 0 Å². The first-order valence-electron chi connectivity index (χ1n) is 18.9. The second-order valence-electron chi connectivity index (χ2n) is 15.2. The van der Waals surface area contributed by atoms with Gasteiger partial charge in [-0.2, -0.15) is 18.3 Å². The van der Waals surface area contributed by atoms with Crippen LogP contribution in [-0.2, 0) is 11.0 Å². The van der Waals surface area contributed by atoms with Crippen LogP contribution in [0.25, 0.3) is 21.7 Å². The molecule has 5 aromatic rings. The minimum atomic E-state index is -4.66. The number of piperazine rings is 1. The zero-order valence-electron chi connectivity index (χ0n) is 30.6. The maximum absolute atomic E-state index is 13.2. The molecule has 5 fully saturated rings. The second-order valence-corrected chi connectivity index (χ2v) is 15.2. The first kappa shape index (κ1) is 35.9. The van der Waals surface area contributed by atoms with E-state index in [2.05, 4.69) is 36.5 Å². The molecule has 4 aliphatic heterocycles. The number of ether oxygens (including phenoxy) is 1. The number of aromatic nitrogens is 4. The van der Waals surface area contributed by atoms with Crippen LogP contribution in [0, 0.1) is 5.92 Å². The number of carbonyl (C=O) groups excluding carboxylic acids is 3. The Morgan fingerprint density at radius 3 is 2.50 bits per heavy atom. The molecule has 4 amide bonds. The molecule has 290 valence electrons. The molecular formula is C40H40F3N9O4. The van der Waals surface area contributed by atoms with Gasteiger partial charge < -0.3 is 15.0 Å². The SMILES string of the molecule is COc1cc2nn([C@H]3CC[C@H](CN4C5CC4CN(c4cccc6c(N7CCC(=O)NC7=O)cncc46)C5)CC3)cc2cc1NC(=O)c1cccc(C(F)(F)F)n1. The number of imide groups is 1. The Morgan fingerprint density at radius 2 is 1.75 bits per heavy atom. The molecule has 1 saturated carbocycles. The van der Waals surface area contributed by atoms with E-state index in [0.717, 1.165) is 79.3 Å². The lowest BCUT2D eigenvalue weighted by Crippen LogP contribution is -2.69. The topological polar surface area (TPSA) is 138 Å². The molecule has 56 heavy (non-hydrogen) atoms. The zero-order chi connectivity index (χ0) is 38.7. The summed E-state index contributed by atoms with van der Waals surface area (Å²) in [5.74, 6) is -0.104. The minimum absolute atomic E-state index is 0.227. The van der Waals surface area contributed by atoms with Crippen molar-refractivity contribution in [2.75, 3.05) is 48.4 Å². The normalized spacial score (nSPS) is 22.9. The fraction of sp³-hybridized carbons (Fsp3) is 0.400. The number of halogens is 3.